The second-order valence-electron chi connectivity index (χ2n) is 6.91. The van der Waals surface area contributed by atoms with Crippen molar-refractivity contribution < 1.29 is 13.9 Å². The number of rotatable bonds is 8. The van der Waals surface area contributed by atoms with Gasteiger partial charge in [0, 0.05) is 18.1 Å². The lowest BCUT2D eigenvalue weighted by Crippen LogP contribution is -2.11. The molecule has 0 atom stereocenters. The Hall–Kier alpha value is -3.80. The summed E-state index contributed by atoms with van der Waals surface area (Å²) < 4.78 is 13.2. The number of hydrogen-bond acceptors (Lipinski definition) is 4. The number of nitrogens with one attached hydrogen (secondary N) is 1. The van der Waals surface area contributed by atoms with Crippen LogP contribution in [0, 0.1) is 0 Å². The number of carbonyl (C=O) groups excluding carboxylic acids is 1. The smallest absolute Gasteiger partial charge is 0.291 e. The number of hydrogen-bond donors (Lipinski definition) is 1. The number of aryl methyl sites for hydroxylation is 1. The topological polar surface area (TPSA) is 69.3 Å². The van der Waals surface area contributed by atoms with E-state index in [1.807, 2.05) is 65.5 Å². The molecule has 0 unspecified atom stereocenters. The minimum absolute atomic E-state index is 0.243. The summed E-state index contributed by atoms with van der Waals surface area (Å²) in [4.78, 5) is 12.5. The molecule has 6 nitrogen and oxygen atoms in total. The SMILES string of the molecule is CCc1ccc(OCc2ccc(C(=O)Nc3cccc(Cn4cccn4)c3)o2)cc1. The van der Waals surface area contributed by atoms with Gasteiger partial charge in [-0.15, -0.1) is 0 Å². The quantitative estimate of drug-likeness (QED) is 0.455. The van der Waals surface area contributed by atoms with Gasteiger partial charge in [0.2, 0.25) is 0 Å². The van der Waals surface area contributed by atoms with Gasteiger partial charge < -0.3 is 14.5 Å². The molecule has 0 radical (unpaired) electrons. The van der Waals surface area contributed by atoms with E-state index in [9.17, 15) is 4.79 Å². The second kappa shape index (κ2) is 9.13. The Labute approximate surface area is 175 Å². The van der Waals surface area contributed by atoms with Gasteiger partial charge in [0.05, 0.1) is 6.54 Å². The third-order valence-corrected chi connectivity index (χ3v) is 4.69. The largest absolute Gasteiger partial charge is 0.486 e. The van der Waals surface area contributed by atoms with Gasteiger partial charge in [-0.1, -0.05) is 31.2 Å². The number of nitrogens with zero attached hydrogens (tertiary/aromatic N) is 2. The fourth-order valence-corrected chi connectivity index (χ4v) is 3.07. The monoisotopic (exact) mass is 401 g/mol. The summed E-state index contributed by atoms with van der Waals surface area (Å²) in [5, 5.41) is 7.08. The lowest BCUT2D eigenvalue weighted by molar-refractivity contribution is 0.0992. The van der Waals surface area contributed by atoms with Crippen LogP contribution in [0.4, 0.5) is 5.69 Å². The Morgan fingerprint density at radius 1 is 1.07 bits per heavy atom. The van der Waals surface area contributed by atoms with Gasteiger partial charge in [-0.05, 0) is 60.0 Å². The fraction of sp³-hybridized carbons (Fsp3) is 0.167. The molecule has 0 bridgehead atoms. The molecule has 0 aliphatic heterocycles. The third-order valence-electron chi connectivity index (χ3n) is 4.69. The maximum atomic E-state index is 12.5. The Bertz CT molecular complexity index is 1100. The van der Waals surface area contributed by atoms with Crippen LogP contribution in [-0.4, -0.2) is 15.7 Å². The van der Waals surface area contributed by atoms with Gasteiger partial charge in [0.25, 0.3) is 5.91 Å². The van der Waals surface area contributed by atoms with Crippen molar-refractivity contribution in [2.24, 2.45) is 0 Å². The van der Waals surface area contributed by atoms with Crippen LogP contribution in [0.2, 0.25) is 0 Å². The lowest BCUT2D eigenvalue weighted by atomic mass is 10.2. The minimum atomic E-state index is -0.301. The highest BCUT2D eigenvalue weighted by Gasteiger charge is 2.12. The van der Waals surface area contributed by atoms with Crippen LogP contribution in [-0.2, 0) is 19.6 Å². The van der Waals surface area contributed by atoms with Gasteiger partial charge in [0.15, 0.2) is 5.76 Å². The highest BCUT2D eigenvalue weighted by molar-refractivity contribution is 6.02. The number of carbonyl (C=O) groups is 1. The summed E-state index contributed by atoms with van der Waals surface area (Å²) in [5.41, 5.74) is 3.00. The summed E-state index contributed by atoms with van der Waals surface area (Å²) in [7, 11) is 0. The zero-order valence-electron chi connectivity index (χ0n) is 16.7. The van der Waals surface area contributed by atoms with Crippen molar-refractivity contribution in [2.45, 2.75) is 26.5 Å². The zero-order chi connectivity index (χ0) is 20.8. The standard InChI is InChI=1S/C24H23N3O3/c1-2-18-7-9-21(10-8-18)29-17-22-11-12-23(30-22)24(28)26-20-6-3-5-19(15-20)16-27-14-4-13-25-27/h3-15H,2,16-17H2,1H3,(H,26,28). The molecule has 2 heterocycles. The van der Waals surface area contributed by atoms with Crippen molar-refractivity contribution >= 4 is 11.6 Å². The van der Waals surface area contributed by atoms with Crippen LogP contribution in [0.1, 0.15) is 34.4 Å². The molecule has 2 aromatic carbocycles. The van der Waals surface area contributed by atoms with Crippen LogP contribution in [0.25, 0.3) is 0 Å². The van der Waals surface area contributed by atoms with Crippen molar-refractivity contribution in [1.82, 2.24) is 9.78 Å². The van der Waals surface area contributed by atoms with Crippen molar-refractivity contribution in [3.63, 3.8) is 0 Å². The molecule has 0 spiro atoms. The first kappa shape index (κ1) is 19.5. The normalized spacial score (nSPS) is 10.7. The van der Waals surface area contributed by atoms with Gasteiger partial charge in [-0.3, -0.25) is 9.48 Å². The molecular weight excluding hydrogens is 378 g/mol. The van der Waals surface area contributed by atoms with E-state index >= 15 is 0 Å². The van der Waals surface area contributed by atoms with Crippen LogP contribution in [0.3, 0.4) is 0 Å². The Kier molecular flexibility index (Phi) is 5.94. The molecule has 2 aromatic heterocycles. The minimum Gasteiger partial charge on any atom is -0.486 e. The van der Waals surface area contributed by atoms with Crippen molar-refractivity contribution in [2.75, 3.05) is 5.32 Å². The van der Waals surface area contributed by atoms with E-state index in [2.05, 4.69) is 17.3 Å². The van der Waals surface area contributed by atoms with Crippen LogP contribution in [0.5, 0.6) is 5.75 Å². The van der Waals surface area contributed by atoms with E-state index in [1.165, 1.54) is 5.56 Å². The van der Waals surface area contributed by atoms with Crippen LogP contribution in [0.15, 0.2) is 83.5 Å². The van der Waals surface area contributed by atoms with Gasteiger partial charge >= 0.3 is 0 Å². The molecule has 4 aromatic rings. The molecule has 0 aliphatic rings. The average Bonchev–Trinajstić information content (AvgIpc) is 3.45. The van der Waals surface area contributed by atoms with Gasteiger partial charge in [-0.25, -0.2) is 0 Å². The van der Waals surface area contributed by atoms with Crippen LogP contribution >= 0.6 is 0 Å². The first-order chi connectivity index (χ1) is 14.7. The first-order valence-corrected chi connectivity index (χ1v) is 9.88. The van der Waals surface area contributed by atoms with E-state index in [0.717, 1.165) is 17.7 Å². The predicted molar refractivity (Wildman–Crippen MR) is 115 cm³/mol. The van der Waals surface area contributed by atoms with Crippen molar-refractivity contribution in [3.8, 4) is 5.75 Å². The molecule has 6 heteroatoms. The van der Waals surface area contributed by atoms with Crippen LogP contribution < -0.4 is 10.1 Å². The Morgan fingerprint density at radius 2 is 1.93 bits per heavy atom. The van der Waals surface area contributed by atoms with E-state index in [1.54, 1.807) is 18.3 Å². The lowest BCUT2D eigenvalue weighted by Gasteiger charge is -2.07. The predicted octanol–water partition coefficient (Wildman–Crippen LogP) is 4.92. The Balaban J connectivity index is 1.34. The summed E-state index contributed by atoms with van der Waals surface area (Å²) in [5.74, 6) is 1.30. The van der Waals surface area contributed by atoms with Gasteiger partial charge in [0.1, 0.15) is 18.1 Å². The van der Waals surface area contributed by atoms with Crippen molar-refractivity contribution in [3.05, 3.63) is 102 Å². The number of aromatic nitrogens is 2. The number of ether oxygens (including phenoxy) is 1. The molecule has 30 heavy (non-hydrogen) atoms. The maximum Gasteiger partial charge on any atom is 0.291 e. The molecule has 0 saturated heterocycles. The molecular formula is C24H23N3O3. The Morgan fingerprint density at radius 3 is 2.70 bits per heavy atom. The number of amides is 1. The van der Waals surface area contributed by atoms with E-state index in [-0.39, 0.29) is 18.3 Å². The second-order valence-corrected chi connectivity index (χ2v) is 6.91. The molecule has 0 fully saturated rings. The molecule has 0 aliphatic carbocycles. The number of anilines is 1. The fourth-order valence-electron chi connectivity index (χ4n) is 3.07. The van der Waals surface area contributed by atoms with Gasteiger partial charge in [-0.2, -0.15) is 5.10 Å². The van der Waals surface area contributed by atoms with E-state index in [4.69, 9.17) is 9.15 Å². The highest BCUT2D eigenvalue weighted by Crippen LogP contribution is 2.18. The first-order valence-electron chi connectivity index (χ1n) is 9.88. The maximum absolute atomic E-state index is 12.5. The van der Waals surface area contributed by atoms with E-state index < -0.39 is 0 Å². The van der Waals surface area contributed by atoms with E-state index in [0.29, 0.717) is 18.0 Å². The summed E-state index contributed by atoms with van der Waals surface area (Å²) in [6, 6.07) is 20.9. The summed E-state index contributed by atoms with van der Waals surface area (Å²) in [6.07, 6.45) is 4.63. The molecule has 1 amide bonds. The number of benzene rings is 2. The molecule has 0 saturated carbocycles. The molecule has 152 valence electrons. The molecule has 4 rings (SSSR count). The molecule has 1 N–H and O–H groups in total. The summed E-state index contributed by atoms with van der Waals surface area (Å²) >= 11 is 0. The average molecular weight is 401 g/mol. The highest BCUT2D eigenvalue weighted by atomic mass is 16.5. The summed E-state index contributed by atoms with van der Waals surface area (Å²) in [6.45, 7) is 3.01. The third kappa shape index (κ3) is 4.97. The number of furan rings is 1. The zero-order valence-corrected chi connectivity index (χ0v) is 16.7. The van der Waals surface area contributed by atoms with Crippen molar-refractivity contribution in [1.29, 1.82) is 0 Å².